The molecular weight excluding hydrogens is 218 g/mol. The molecule has 2 amide bonds. The Bertz CT molecular complexity index is 220. The molecule has 5 heteroatoms. The van der Waals surface area contributed by atoms with Crippen LogP contribution in [0.2, 0.25) is 0 Å². The van der Waals surface area contributed by atoms with E-state index in [1.165, 1.54) is 0 Å². The summed E-state index contributed by atoms with van der Waals surface area (Å²) in [5.41, 5.74) is 5.34. The van der Waals surface area contributed by atoms with Crippen molar-refractivity contribution in [1.82, 2.24) is 10.6 Å². The number of hydrogen-bond acceptors (Lipinski definition) is 3. The minimum atomic E-state index is 0.0679. The van der Waals surface area contributed by atoms with Crippen LogP contribution < -0.4 is 16.4 Å². The first-order valence-electron chi connectivity index (χ1n) is 6.44. The van der Waals surface area contributed by atoms with Gasteiger partial charge < -0.3 is 16.4 Å². The molecule has 0 aromatic rings. The zero-order chi connectivity index (χ0) is 12.9. The van der Waals surface area contributed by atoms with Gasteiger partial charge in [-0.05, 0) is 32.2 Å². The SMILES string of the molecule is CCCC(=O)NCCCNC(=O)CCCCN. The van der Waals surface area contributed by atoms with E-state index in [2.05, 4.69) is 10.6 Å². The average Bonchev–Trinajstić information content (AvgIpc) is 2.29. The molecule has 0 fully saturated rings. The molecule has 0 unspecified atom stereocenters. The lowest BCUT2D eigenvalue weighted by molar-refractivity contribution is -0.121. The van der Waals surface area contributed by atoms with Gasteiger partial charge in [0.1, 0.15) is 0 Å². The summed E-state index contributed by atoms with van der Waals surface area (Å²) >= 11 is 0. The summed E-state index contributed by atoms with van der Waals surface area (Å²) in [6, 6.07) is 0. The van der Waals surface area contributed by atoms with E-state index in [0.29, 0.717) is 32.5 Å². The van der Waals surface area contributed by atoms with E-state index >= 15 is 0 Å². The lowest BCUT2D eigenvalue weighted by Crippen LogP contribution is -2.29. The molecule has 5 nitrogen and oxygen atoms in total. The normalized spacial score (nSPS) is 10.0. The van der Waals surface area contributed by atoms with E-state index in [0.717, 1.165) is 25.7 Å². The smallest absolute Gasteiger partial charge is 0.219 e. The van der Waals surface area contributed by atoms with E-state index in [1.807, 2.05) is 6.92 Å². The van der Waals surface area contributed by atoms with Crippen molar-refractivity contribution < 1.29 is 9.59 Å². The molecule has 0 aliphatic heterocycles. The van der Waals surface area contributed by atoms with E-state index in [9.17, 15) is 9.59 Å². The molecule has 0 aromatic heterocycles. The number of rotatable bonds is 10. The maximum absolute atomic E-state index is 11.3. The number of carbonyl (C=O) groups excluding carboxylic acids is 2. The van der Waals surface area contributed by atoms with Gasteiger partial charge in [-0.1, -0.05) is 6.92 Å². The van der Waals surface area contributed by atoms with Crippen LogP contribution in [0, 0.1) is 0 Å². The molecule has 0 heterocycles. The van der Waals surface area contributed by atoms with Crippen LogP contribution in [-0.2, 0) is 9.59 Å². The fraction of sp³-hybridized carbons (Fsp3) is 0.833. The van der Waals surface area contributed by atoms with Crippen molar-refractivity contribution >= 4 is 11.8 Å². The van der Waals surface area contributed by atoms with E-state index < -0.39 is 0 Å². The first kappa shape index (κ1) is 15.9. The van der Waals surface area contributed by atoms with Gasteiger partial charge in [-0.15, -0.1) is 0 Å². The van der Waals surface area contributed by atoms with Gasteiger partial charge in [-0.25, -0.2) is 0 Å². The zero-order valence-corrected chi connectivity index (χ0v) is 10.8. The second-order valence-corrected chi connectivity index (χ2v) is 4.05. The fourth-order valence-electron chi connectivity index (χ4n) is 1.38. The number of nitrogens with one attached hydrogen (secondary N) is 2. The van der Waals surface area contributed by atoms with Gasteiger partial charge in [0, 0.05) is 25.9 Å². The monoisotopic (exact) mass is 243 g/mol. The molecule has 0 aromatic carbocycles. The van der Waals surface area contributed by atoms with Crippen LogP contribution in [-0.4, -0.2) is 31.4 Å². The van der Waals surface area contributed by atoms with Gasteiger partial charge in [0.25, 0.3) is 0 Å². The minimum absolute atomic E-state index is 0.0679. The highest BCUT2D eigenvalue weighted by Gasteiger charge is 2.00. The van der Waals surface area contributed by atoms with E-state index in [4.69, 9.17) is 5.73 Å². The van der Waals surface area contributed by atoms with Gasteiger partial charge in [0.05, 0.1) is 0 Å². The highest BCUT2D eigenvalue weighted by Crippen LogP contribution is 1.92. The summed E-state index contributed by atoms with van der Waals surface area (Å²) in [5.74, 6) is 0.153. The van der Waals surface area contributed by atoms with Crippen LogP contribution in [0.5, 0.6) is 0 Å². The van der Waals surface area contributed by atoms with Crippen LogP contribution >= 0.6 is 0 Å². The molecule has 17 heavy (non-hydrogen) atoms. The van der Waals surface area contributed by atoms with Crippen molar-refractivity contribution in [3.63, 3.8) is 0 Å². The molecule has 0 aliphatic rings. The molecule has 0 bridgehead atoms. The molecule has 0 saturated heterocycles. The first-order chi connectivity index (χ1) is 8.20. The largest absolute Gasteiger partial charge is 0.356 e. The molecule has 0 radical (unpaired) electrons. The lowest BCUT2D eigenvalue weighted by Gasteiger charge is -2.06. The third kappa shape index (κ3) is 11.2. The van der Waals surface area contributed by atoms with Gasteiger partial charge in [-0.2, -0.15) is 0 Å². The second kappa shape index (κ2) is 11.4. The average molecular weight is 243 g/mol. The van der Waals surface area contributed by atoms with Gasteiger partial charge in [-0.3, -0.25) is 9.59 Å². The maximum Gasteiger partial charge on any atom is 0.219 e. The highest BCUT2D eigenvalue weighted by molar-refractivity contribution is 5.76. The standard InChI is InChI=1S/C12H25N3O2/c1-2-6-11(16)14-9-5-10-15-12(17)7-3-4-8-13/h2-10,13H2,1H3,(H,14,16)(H,15,17). The van der Waals surface area contributed by atoms with Gasteiger partial charge >= 0.3 is 0 Å². The van der Waals surface area contributed by atoms with Crippen molar-refractivity contribution in [2.75, 3.05) is 19.6 Å². The van der Waals surface area contributed by atoms with Crippen molar-refractivity contribution in [2.24, 2.45) is 5.73 Å². The predicted octanol–water partition coefficient (Wildman–Crippen LogP) is 0.538. The Hall–Kier alpha value is -1.10. The summed E-state index contributed by atoms with van der Waals surface area (Å²) in [7, 11) is 0. The number of amides is 2. The quantitative estimate of drug-likeness (QED) is 0.490. The fourth-order valence-corrected chi connectivity index (χ4v) is 1.38. The van der Waals surface area contributed by atoms with Crippen molar-refractivity contribution in [1.29, 1.82) is 0 Å². The van der Waals surface area contributed by atoms with Crippen LogP contribution in [0.15, 0.2) is 0 Å². The van der Waals surface area contributed by atoms with Gasteiger partial charge in [0.2, 0.25) is 11.8 Å². The maximum atomic E-state index is 11.3. The molecule has 100 valence electrons. The van der Waals surface area contributed by atoms with Gasteiger partial charge in [0.15, 0.2) is 0 Å². The van der Waals surface area contributed by atoms with Crippen molar-refractivity contribution in [3.05, 3.63) is 0 Å². The number of carbonyl (C=O) groups is 2. The van der Waals surface area contributed by atoms with Crippen LogP contribution in [0.25, 0.3) is 0 Å². The Balaban J connectivity index is 3.27. The molecule has 0 aliphatic carbocycles. The molecule has 4 N–H and O–H groups in total. The Labute approximate surface area is 104 Å². The summed E-state index contributed by atoms with van der Waals surface area (Å²) < 4.78 is 0. The van der Waals surface area contributed by atoms with Crippen LogP contribution in [0.3, 0.4) is 0 Å². The van der Waals surface area contributed by atoms with Crippen molar-refractivity contribution in [3.8, 4) is 0 Å². The summed E-state index contributed by atoms with van der Waals surface area (Å²) in [6.45, 7) is 3.85. The lowest BCUT2D eigenvalue weighted by atomic mass is 10.2. The summed E-state index contributed by atoms with van der Waals surface area (Å²) in [5, 5.41) is 5.62. The first-order valence-corrected chi connectivity index (χ1v) is 6.44. The zero-order valence-electron chi connectivity index (χ0n) is 10.8. The van der Waals surface area contributed by atoms with E-state index in [-0.39, 0.29) is 11.8 Å². The third-order valence-electron chi connectivity index (χ3n) is 2.33. The highest BCUT2D eigenvalue weighted by atomic mass is 16.2. The second-order valence-electron chi connectivity index (χ2n) is 4.05. The molecule has 0 spiro atoms. The summed E-state index contributed by atoms with van der Waals surface area (Å²) in [4.78, 5) is 22.4. The molecular formula is C12H25N3O2. The summed E-state index contributed by atoms with van der Waals surface area (Å²) in [6.07, 6.45) is 4.49. The molecule has 0 saturated carbocycles. The Kier molecular flexibility index (Phi) is 10.7. The number of nitrogens with two attached hydrogens (primary N) is 1. The minimum Gasteiger partial charge on any atom is -0.356 e. The van der Waals surface area contributed by atoms with E-state index in [1.54, 1.807) is 0 Å². The predicted molar refractivity (Wildman–Crippen MR) is 68.4 cm³/mol. The molecule has 0 atom stereocenters. The Morgan fingerprint density at radius 1 is 0.941 bits per heavy atom. The Morgan fingerprint density at radius 2 is 1.53 bits per heavy atom. The number of unbranched alkanes of at least 4 members (excludes halogenated alkanes) is 1. The third-order valence-corrected chi connectivity index (χ3v) is 2.33. The topological polar surface area (TPSA) is 84.2 Å². The number of hydrogen-bond donors (Lipinski definition) is 3. The molecule has 0 rings (SSSR count). The van der Waals surface area contributed by atoms with Crippen LogP contribution in [0.1, 0.15) is 45.4 Å². The van der Waals surface area contributed by atoms with Crippen LogP contribution in [0.4, 0.5) is 0 Å². The van der Waals surface area contributed by atoms with Crippen molar-refractivity contribution in [2.45, 2.75) is 45.4 Å². The Morgan fingerprint density at radius 3 is 2.06 bits per heavy atom.